The van der Waals surface area contributed by atoms with Crippen LogP contribution in [0, 0.1) is 5.92 Å². The average Bonchev–Trinajstić information content (AvgIpc) is 3.20. The Morgan fingerprint density at radius 1 is 1.32 bits per heavy atom. The zero-order chi connectivity index (χ0) is 13.7. The van der Waals surface area contributed by atoms with E-state index in [4.69, 9.17) is 26.8 Å². The van der Waals surface area contributed by atoms with Crippen molar-refractivity contribution in [1.29, 1.82) is 0 Å². The Balaban J connectivity index is 2.06. The number of hydrogen-bond acceptors (Lipinski definition) is 3. The third kappa shape index (κ3) is 4.29. The van der Waals surface area contributed by atoms with Gasteiger partial charge in [-0.05, 0) is 62.3 Å². The van der Waals surface area contributed by atoms with E-state index >= 15 is 0 Å². The second-order valence-electron chi connectivity index (χ2n) is 5.11. The Bertz CT molecular complexity index is 419. The van der Waals surface area contributed by atoms with Gasteiger partial charge in [-0.1, -0.05) is 11.6 Å². The third-order valence-corrected chi connectivity index (χ3v) is 3.65. The fourth-order valence-electron chi connectivity index (χ4n) is 2.04. The zero-order valence-electron chi connectivity index (χ0n) is 11.5. The summed E-state index contributed by atoms with van der Waals surface area (Å²) in [4.78, 5) is 0. The van der Waals surface area contributed by atoms with Gasteiger partial charge in [0.1, 0.15) is 0 Å². The monoisotopic (exact) mass is 283 g/mol. The highest BCUT2D eigenvalue weighted by Crippen LogP contribution is 2.38. The zero-order valence-corrected chi connectivity index (χ0v) is 12.2. The van der Waals surface area contributed by atoms with Crippen molar-refractivity contribution in [2.75, 3.05) is 20.3 Å². The van der Waals surface area contributed by atoms with Crippen LogP contribution in [0.2, 0.25) is 5.02 Å². The van der Waals surface area contributed by atoms with Crippen molar-refractivity contribution < 1.29 is 9.47 Å². The Kier molecular flexibility index (Phi) is 5.34. The third-order valence-electron chi connectivity index (χ3n) is 3.36. The fourth-order valence-corrected chi connectivity index (χ4v) is 2.35. The van der Waals surface area contributed by atoms with E-state index in [1.165, 1.54) is 18.4 Å². The van der Waals surface area contributed by atoms with E-state index in [1.807, 2.05) is 12.1 Å². The SMILES string of the molecule is COc1c(Cl)cc(CCCCN)cc1OCC1CC1. The molecule has 0 radical (unpaired) electrons. The highest BCUT2D eigenvalue weighted by Gasteiger charge is 2.23. The van der Waals surface area contributed by atoms with E-state index in [0.717, 1.165) is 38.2 Å². The maximum absolute atomic E-state index is 6.25. The summed E-state index contributed by atoms with van der Waals surface area (Å²) in [5.41, 5.74) is 6.70. The summed E-state index contributed by atoms with van der Waals surface area (Å²) in [6.07, 6.45) is 5.61. The topological polar surface area (TPSA) is 44.5 Å². The lowest BCUT2D eigenvalue weighted by molar-refractivity contribution is 0.280. The van der Waals surface area contributed by atoms with Crippen LogP contribution < -0.4 is 15.2 Å². The van der Waals surface area contributed by atoms with E-state index in [2.05, 4.69) is 0 Å². The van der Waals surface area contributed by atoms with Crippen molar-refractivity contribution in [3.8, 4) is 11.5 Å². The van der Waals surface area contributed by atoms with Crippen molar-refractivity contribution in [2.24, 2.45) is 11.7 Å². The number of rotatable bonds is 8. The first-order chi connectivity index (χ1) is 9.24. The molecule has 0 aliphatic heterocycles. The van der Waals surface area contributed by atoms with Crippen LogP contribution in [0.1, 0.15) is 31.2 Å². The number of hydrogen-bond donors (Lipinski definition) is 1. The first-order valence-corrected chi connectivity index (χ1v) is 7.31. The summed E-state index contributed by atoms with van der Waals surface area (Å²) in [6, 6.07) is 4.00. The van der Waals surface area contributed by atoms with Gasteiger partial charge in [-0.3, -0.25) is 0 Å². The van der Waals surface area contributed by atoms with Crippen LogP contribution in [0.15, 0.2) is 12.1 Å². The molecule has 0 atom stereocenters. The first kappa shape index (κ1) is 14.5. The van der Waals surface area contributed by atoms with Crippen LogP contribution in [0.4, 0.5) is 0 Å². The van der Waals surface area contributed by atoms with Gasteiger partial charge in [-0.15, -0.1) is 0 Å². The molecular formula is C15H22ClNO2. The van der Waals surface area contributed by atoms with Crippen molar-refractivity contribution in [3.63, 3.8) is 0 Å². The normalized spacial score (nSPS) is 14.5. The van der Waals surface area contributed by atoms with Crippen molar-refractivity contribution in [2.45, 2.75) is 32.1 Å². The Morgan fingerprint density at radius 3 is 2.74 bits per heavy atom. The molecule has 0 saturated heterocycles. The van der Waals surface area contributed by atoms with E-state index < -0.39 is 0 Å². The summed E-state index contributed by atoms with van der Waals surface area (Å²) in [6.45, 7) is 1.49. The molecule has 2 N–H and O–H groups in total. The maximum Gasteiger partial charge on any atom is 0.179 e. The van der Waals surface area contributed by atoms with Gasteiger partial charge < -0.3 is 15.2 Å². The lowest BCUT2D eigenvalue weighted by atomic mass is 10.1. The number of aryl methyl sites for hydroxylation is 1. The average molecular weight is 284 g/mol. The van der Waals surface area contributed by atoms with Crippen LogP contribution >= 0.6 is 11.6 Å². The number of benzene rings is 1. The predicted molar refractivity (Wildman–Crippen MR) is 78.2 cm³/mol. The minimum absolute atomic E-state index is 0.624. The molecular weight excluding hydrogens is 262 g/mol. The van der Waals surface area contributed by atoms with Gasteiger partial charge in [0.05, 0.1) is 18.7 Å². The summed E-state index contributed by atoms with van der Waals surface area (Å²) in [7, 11) is 1.62. The predicted octanol–water partition coefficient (Wildman–Crippen LogP) is 3.42. The van der Waals surface area contributed by atoms with Crippen molar-refractivity contribution in [1.82, 2.24) is 0 Å². The highest BCUT2D eigenvalue weighted by molar-refractivity contribution is 6.32. The fraction of sp³-hybridized carbons (Fsp3) is 0.600. The van der Waals surface area contributed by atoms with Crippen LogP contribution in [-0.4, -0.2) is 20.3 Å². The molecule has 0 bridgehead atoms. The van der Waals surface area contributed by atoms with Gasteiger partial charge in [0, 0.05) is 0 Å². The molecule has 1 aromatic carbocycles. The molecule has 0 aromatic heterocycles. The molecule has 1 aromatic rings. The number of halogens is 1. The van der Waals surface area contributed by atoms with Gasteiger partial charge in [0.2, 0.25) is 0 Å². The molecule has 1 saturated carbocycles. The number of nitrogens with two attached hydrogens (primary N) is 1. The van der Waals surface area contributed by atoms with E-state index in [-0.39, 0.29) is 0 Å². The second-order valence-corrected chi connectivity index (χ2v) is 5.52. The molecule has 1 aliphatic carbocycles. The van der Waals surface area contributed by atoms with E-state index in [1.54, 1.807) is 7.11 Å². The minimum atomic E-state index is 0.624. The molecule has 1 fully saturated rings. The van der Waals surface area contributed by atoms with Gasteiger partial charge in [-0.2, -0.15) is 0 Å². The molecule has 0 spiro atoms. The molecule has 19 heavy (non-hydrogen) atoms. The maximum atomic E-state index is 6.25. The molecule has 1 aliphatic rings. The molecule has 3 nitrogen and oxygen atoms in total. The molecule has 0 heterocycles. The van der Waals surface area contributed by atoms with Gasteiger partial charge in [0.15, 0.2) is 11.5 Å². The van der Waals surface area contributed by atoms with Crippen LogP contribution in [-0.2, 0) is 6.42 Å². The van der Waals surface area contributed by atoms with E-state index in [0.29, 0.717) is 16.7 Å². The number of methoxy groups -OCH3 is 1. The van der Waals surface area contributed by atoms with Crippen LogP contribution in [0.5, 0.6) is 11.5 Å². The van der Waals surface area contributed by atoms with Gasteiger partial charge in [0.25, 0.3) is 0 Å². The van der Waals surface area contributed by atoms with Crippen LogP contribution in [0.25, 0.3) is 0 Å². The summed E-state index contributed by atoms with van der Waals surface area (Å²) in [5.74, 6) is 2.12. The van der Waals surface area contributed by atoms with Crippen molar-refractivity contribution in [3.05, 3.63) is 22.7 Å². The van der Waals surface area contributed by atoms with Crippen molar-refractivity contribution >= 4 is 11.6 Å². The number of unbranched alkanes of at least 4 members (excludes halogenated alkanes) is 1. The molecule has 4 heteroatoms. The molecule has 2 rings (SSSR count). The quantitative estimate of drug-likeness (QED) is 0.744. The Labute approximate surface area is 120 Å². The minimum Gasteiger partial charge on any atom is -0.491 e. The van der Waals surface area contributed by atoms with Gasteiger partial charge in [-0.25, -0.2) is 0 Å². The second kappa shape index (κ2) is 7.01. The lowest BCUT2D eigenvalue weighted by Gasteiger charge is -2.14. The highest BCUT2D eigenvalue weighted by atomic mass is 35.5. The molecule has 0 unspecified atom stereocenters. The largest absolute Gasteiger partial charge is 0.491 e. The molecule has 106 valence electrons. The summed E-state index contributed by atoms with van der Waals surface area (Å²) < 4.78 is 11.2. The Hall–Kier alpha value is -0.930. The van der Waals surface area contributed by atoms with Crippen LogP contribution in [0.3, 0.4) is 0 Å². The standard InChI is InChI=1S/C15H22ClNO2/c1-18-15-13(16)8-12(4-2-3-7-17)9-14(15)19-10-11-5-6-11/h8-9,11H,2-7,10,17H2,1H3. The molecule has 0 amide bonds. The lowest BCUT2D eigenvalue weighted by Crippen LogP contribution is -2.03. The smallest absolute Gasteiger partial charge is 0.179 e. The van der Waals surface area contributed by atoms with Gasteiger partial charge >= 0.3 is 0 Å². The first-order valence-electron chi connectivity index (χ1n) is 6.94. The Morgan fingerprint density at radius 2 is 2.11 bits per heavy atom. The van der Waals surface area contributed by atoms with E-state index in [9.17, 15) is 0 Å². The number of ether oxygens (including phenoxy) is 2. The summed E-state index contributed by atoms with van der Waals surface area (Å²) in [5, 5.41) is 0.624. The summed E-state index contributed by atoms with van der Waals surface area (Å²) >= 11 is 6.25.